The predicted octanol–water partition coefficient (Wildman–Crippen LogP) is -0.405. The van der Waals surface area contributed by atoms with Gasteiger partial charge in [-0.2, -0.15) is 13.2 Å². The molecule has 0 saturated heterocycles. The van der Waals surface area contributed by atoms with Crippen LogP contribution in [0.5, 0.6) is 0 Å². The highest BCUT2D eigenvalue weighted by molar-refractivity contribution is 5.84. The lowest BCUT2D eigenvalue weighted by molar-refractivity contribution is -0.203. The van der Waals surface area contributed by atoms with Gasteiger partial charge in [-0.15, -0.1) is 0 Å². The van der Waals surface area contributed by atoms with Crippen LogP contribution in [0, 0.1) is 0 Å². The second kappa shape index (κ2) is 7.89. The number of carbonyl (C=O) groups excluding carboxylic acids is 4. The van der Waals surface area contributed by atoms with Gasteiger partial charge in [0.2, 0.25) is 5.60 Å². The highest BCUT2D eigenvalue weighted by Crippen LogP contribution is 2.36. The van der Waals surface area contributed by atoms with E-state index < -0.39 is 66.7 Å². The number of esters is 3. The number of carbonyl (C=O) groups is 4. The fraction of sp³-hybridized carbons (Fsp3) is 0.714. The third-order valence-electron chi connectivity index (χ3n) is 3.66. The molecule has 0 aliphatic heterocycles. The molecule has 1 aliphatic rings. The van der Waals surface area contributed by atoms with E-state index in [-0.39, 0.29) is 0 Å². The number of aliphatic hydroxyl groups excluding tert-OH is 1. The maximum absolute atomic E-state index is 12.5. The summed E-state index contributed by atoms with van der Waals surface area (Å²) in [6, 6.07) is -1.71. The molecule has 0 heterocycles. The molecule has 0 spiro atoms. The second-order valence-electron chi connectivity index (χ2n) is 5.70. The molecule has 26 heavy (non-hydrogen) atoms. The second-order valence-corrected chi connectivity index (χ2v) is 5.70. The molecule has 12 heteroatoms. The van der Waals surface area contributed by atoms with Gasteiger partial charge in [-0.25, -0.2) is 4.79 Å². The molecule has 148 valence electrons. The molecule has 0 aromatic rings. The van der Waals surface area contributed by atoms with Gasteiger partial charge in [0.05, 0.1) is 13.2 Å². The molecule has 1 saturated carbocycles. The van der Waals surface area contributed by atoms with Crippen LogP contribution in [-0.2, 0) is 33.4 Å². The molecule has 1 amide bonds. The Kier molecular flexibility index (Phi) is 6.58. The van der Waals surface area contributed by atoms with Crippen LogP contribution < -0.4 is 5.32 Å². The molecule has 1 rings (SSSR count). The van der Waals surface area contributed by atoms with Gasteiger partial charge >= 0.3 is 30.0 Å². The molecule has 0 aromatic carbocycles. The number of alkyl halides is 3. The highest BCUT2D eigenvalue weighted by Gasteiger charge is 2.56. The molecule has 4 atom stereocenters. The van der Waals surface area contributed by atoms with Crippen molar-refractivity contribution in [1.82, 2.24) is 5.32 Å². The largest absolute Gasteiger partial charge is 0.471 e. The SMILES string of the molecule is COC(=O)[C@]1(OC(C)=O)C[C@H](NC(=O)C(F)(F)F)[C@@H](O)[C@H](OC(C)=O)C1. The van der Waals surface area contributed by atoms with E-state index in [4.69, 9.17) is 9.47 Å². The van der Waals surface area contributed by atoms with Gasteiger partial charge in [0.25, 0.3) is 0 Å². The van der Waals surface area contributed by atoms with Crippen molar-refractivity contribution in [3.8, 4) is 0 Å². The van der Waals surface area contributed by atoms with Crippen molar-refractivity contribution < 1.29 is 51.7 Å². The van der Waals surface area contributed by atoms with Crippen molar-refractivity contribution in [1.29, 1.82) is 0 Å². The molecule has 0 unspecified atom stereocenters. The highest BCUT2D eigenvalue weighted by atomic mass is 19.4. The maximum atomic E-state index is 12.5. The smallest absolute Gasteiger partial charge is 0.466 e. The molecular weight excluding hydrogens is 367 g/mol. The Bertz CT molecular complexity index is 593. The first-order valence-electron chi connectivity index (χ1n) is 7.33. The van der Waals surface area contributed by atoms with Crippen LogP contribution >= 0.6 is 0 Å². The lowest BCUT2D eigenvalue weighted by atomic mass is 9.77. The molecule has 0 radical (unpaired) electrons. The maximum Gasteiger partial charge on any atom is 0.471 e. The average molecular weight is 385 g/mol. The Hall–Kier alpha value is -2.37. The van der Waals surface area contributed by atoms with Gasteiger partial charge in [0, 0.05) is 26.7 Å². The molecule has 0 bridgehead atoms. The minimum absolute atomic E-state index is 0.557. The summed E-state index contributed by atoms with van der Waals surface area (Å²) in [5, 5.41) is 11.7. The van der Waals surface area contributed by atoms with E-state index in [0.29, 0.717) is 0 Å². The Balaban J connectivity index is 3.26. The van der Waals surface area contributed by atoms with Crippen LogP contribution in [0.25, 0.3) is 0 Å². The molecule has 9 nitrogen and oxygen atoms in total. The summed E-state index contributed by atoms with van der Waals surface area (Å²) in [7, 11) is 0.947. The Morgan fingerprint density at radius 3 is 2.12 bits per heavy atom. The lowest BCUT2D eigenvalue weighted by Gasteiger charge is -2.43. The number of amides is 1. The fourth-order valence-corrected chi connectivity index (χ4v) is 2.73. The van der Waals surface area contributed by atoms with Crippen molar-refractivity contribution in [2.24, 2.45) is 0 Å². The molecule has 1 fully saturated rings. The number of nitrogens with one attached hydrogen (secondary N) is 1. The Labute approximate surface area is 145 Å². The van der Waals surface area contributed by atoms with Gasteiger partial charge < -0.3 is 24.6 Å². The van der Waals surface area contributed by atoms with Crippen LogP contribution in [-0.4, -0.2) is 66.1 Å². The monoisotopic (exact) mass is 385 g/mol. The van der Waals surface area contributed by atoms with Crippen molar-refractivity contribution in [3.05, 3.63) is 0 Å². The van der Waals surface area contributed by atoms with E-state index in [1.54, 1.807) is 0 Å². The number of ether oxygens (including phenoxy) is 3. The summed E-state index contributed by atoms with van der Waals surface area (Å²) in [6.45, 7) is 1.91. The summed E-state index contributed by atoms with van der Waals surface area (Å²) in [5.41, 5.74) is -2.15. The third kappa shape index (κ3) is 5.07. The first-order valence-corrected chi connectivity index (χ1v) is 7.33. The van der Waals surface area contributed by atoms with E-state index in [0.717, 1.165) is 21.0 Å². The summed E-state index contributed by atoms with van der Waals surface area (Å²) in [6.07, 6.45) is -9.83. The van der Waals surface area contributed by atoms with Crippen molar-refractivity contribution >= 4 is 23.8 Å². The molecule has 0 aromatic heterocycles. The van der Waals surface area contributed by atoms with Crippen LogP contribution in [0.2, 0.25) is 0 Å². The summed E-state index contributed by atoms with van der Waals surface area (Å²) < 4.78 is 51.8. The summed E-state index contributed by atoms with van der Waals surface area (Å²) in [4.78, 5) is 45.9. The van der Waals surface area contributed by atoms with E-state index in [1.165, 1.54) is 5.32 Å². The Morgan fingerprint density at radius 2 is 1.69 bits per heavy atom. The standard InChI is InChI=1S/C14H18F3NO8/c1-6(19)25-9-5-13(12(23)24-3,26-7(2)20)4-8(10(9)21)18-11(22)14(15,16)17/h8-10,21H,4-5H2,1-3H3,(H,18,22)/t8-,9+,10+,13-/m0/s1. The Morgan fingerprint density at radius 1 is 1.12 bits per heavy atom. The van der Waals surface area contributed by atoms with Crippen LogP contribution in [0.3, 0.4) is 0 Å². The van der Waals surface area contributed by atoms with Crippen LogP contribution in [0.15, 0.2) is 0 Å². The van der Waals surface area contributed by atoms with Crippen molar-refractivity contribution in [2.45, 2.75) is 56.7 Å². The van der Waals surface area contributed by atoms with Gasteiger partial charge in [0.15, 0.2) is 0 Å². The molecular formula is C14H18F3NO8. The zero-order chi connectivity index (χ0) is 20.3. The van der Waals surface area contributed by atoms with E-state index >= 15 is 0 Å². The number of rotatable bonds is 4. The molecule has 1 aliphatic carbocycles. The van der Waals surface area contributed by atoms with Crippen molar-refractivity contribution in [3.63, 3.8) is 0 Å². The minimum Gasteiger partial charge on any atom is -0.466 e. The predicted molar refractivity (Wildman–Crippen MR) is 75.3 cm³/mol. The van der Waals surface area contributed by atoms with E-state index in [9.17, 15) is 37.5 Å². The molecule has 2 N–H and O–H groups in total. The van der Waals surface area contributed by atoms with Gasteiger partial charge in [-0.1, -0.05) is 0 Å². The third-order valence-corrected chi connectivity index (χ3v) is 3.66. The van der Waals surface area contributed by atoms with Gasteiger partial charge in [-0.05, 0) is 0 Å². The van der Waals surface area contributed by atoms with E-state index in [1.807, 2.05) is 0 Å². The minimum atomic E-state index is -5.26. The number of hydrogen-bond donors (Lipinski definition) is 2. The zero-order valence-corrected chi connectivity index (χ0v) is 14.1. The fourth-order valence-electron chi connectivity index (χ4n) is 2.73. The van der Waals surface area contributed by atoms with E-state index in [2.05, 4.69) is 4.74 Å². The van der Waals surface area contributed by atoms with Crippen LogP contribution in [0.4, 0.5) is 13.2 Å². The number of methoxy groups -OCH3 is 1. The van der Waals surface area contributed by atoms with Gasteiger partial charge in [0.1, 0.15) is 12.2 Å². The summed E-state index contributed by atoms with van der Waals surface area (Å²) in [5.74, 6) is -5.39. The topological polar surface area (TPSA) is 128 Å². The zero-order valence-electron chi connectivity index (χ0n) is 14.1. The lowest BCUT2D eigenvalue weighted by Crippen LogP contribution is -2.64. The normalized spacial score (nSPS) is 28.7. The average Bonchev–Trinajstić information content (AvgIpc) is 2.48. The first-order chi connectivity index (χ1) is 11.8. The number of halogens is 3. The quantitative estimate of drug-likeness (QED) is 0.494. The number of aliphatic hydroxyl groups is 1. The first kappa shape index (κ1) is 21.7. The van der Waals surface area contributed by atoms with Gasteiger partial charge in [-0.3, -0.25) is 14.4 Å². The summed E-state index contributed by atoms with van der Waals surface area (Å²) >= 11 is 0. The number of hydrogen-bond acceptors (Lipinski definition) is 8. The van der Waals surface area contributed by atoms with Crippen LogP contribution in [0.1, 0.15) is 26.7 Å². The van der Waals surface area contributed by atoms with Crippen molar-refractivity contribution in [2.75, 3.05) is 7.11 Å².